The number of benzene rings is 1. The van der Waals surface area contributed by atoms with E-state index >= 15 is 0 Å². The van der Waals surface area contributed by atoms with Crippen molar-refractivity contribution in [1.82, 2.24) is 19.7 Å². The molecule has 1 atom stereocenters. The third-order valence-electron chi connectivity index (χ3n) is 6.13. The molecule has 160 valence electrons. The van der Waals surface area contributed by atoms with Crippen molar-refractivity contribution in [2.75, 3.05) is 18.4 Å². The Balaban J connectivity index is 1.33. The lowest BCUT2D eigenvalue weighted by Crippen LogP contribution is -2.29. The van der Waals surface area contributed by atoms with E-state index < -0.39 is 0 Å². The minimum absolute atomic E-state index is 0.239. The molecule has 31 heavy (non-hydrogen) atoms. The van der Waals surface area contributed by atoms with E-state index in [9.17, 15) is 9.18 Å². The molecule has 1 saturated carbocycles. The normalized spacial score (nSPS) is 18.4. The molecule has 0 radical (unpaired) electrons. The molecule has 0 bridgehead atoms. The van der Waals surface area contributed by atoms with Gasteiger partial charge in [0.05, 0.1) is 5.69 Å². The van der Waals surface area contributed by atoms with Crippen LogP contribution in [0.25, 0.3) is 11.1 Å². The third-order valence-corrected chi connectivity index (χ3v) is 6.13. The second kappa shape index (κ2) is 8.13. The maximum Gasteiger partial charge on any atom is 0.225 e. The van der Waals surface area contributed by atoms with Gasteiger partial charge in [-0.3, -0.25) is 9.48 Å². The van der Waals surface area contributed by atoms with Gasteiger partial charge in [0.2, 0.25) is 5.91 Å². The fourth-order valence-electron chi connectivity index (χ4n) is 4.29. The first-order valence-corrected chi connectivity index (χ1v) is 10.8. The van der Waals surface area contributed by atoms with Crippen LogP contribution < -0.4 is 5.32 Å². The Morgan fingerprint density at radius 2 is 2.00 bits per heavy atom. The number of pyridine rings is 1. The minimum Gasteiger partial charge on any atom is -0.366 e. The first-order chi connectivity index (χ1) is 15.1. The highest BCUT2D eigenvalue weighted by molar-refractivity contribution is 5.81. The molecule has 1 aliphatic heterocycles. The van der Waals surface area contributed by atoms with Gasteiger partial charge in [0.15, 0.2) is 0 Å². The van der Waals surface area contributed by atoms with Gasteiger partial charge in [-0.15, -0.1) is 0 Å². The lowest BCUT2D eigenvalue weighted by Gasteiger charge is -2.16. The molecule has 2 aromatic heterocycles. The van der Waals surface area contributed by atoms with Crippen molar-refractivity contribution in [3.8, 4) is 11.1 Å². The minimum atomic E-state index is -0.239. The topological polar surface area (TPSA) is 63.1 Å². The summed E-state index contributed by atoms with van der Waals surface area (Å²) in [4.78, 5) is 18.9. The number of amides is 1. The molecule has 1 unspecified atom stereocenters. The van der Waals surface area contributed by atoms with Crippen molar-refractivity contribution in [2.24, 2.45) is 13.0 Å². The summed E-state index contributed by atoms with van der Waals surface area (Å²) in [5.74, 6) is 1.35. The zero-order valence-electron chi connectivity index (χ0n) is 17.6. The largest absolute Gasteiger partial charge is 0.366 e. The highest BCUT2D eigenvalue weighted by atomic mass is 19.1. The van der Waals surface area contributed by atoms with Gasteiger partial charge < -0.3 is 10.2 Å². The number of hydrogen-bond donors (Lipinski definition) is 1. The van der Waals surface area contributed by atoms with Crippen molar-refractivity contribution in [3.63, 3.8) is 0 Å². The smallest absolute Gasteiger partial charge is 0.225 e. The Bertz CT molecular complexity index is 1090. The number of halogens is 1. The summed E-state index contributed by atoms with van der Waals surface area (Å²) in [5, 5.41) is 8.07. The van der Waals surface area contributed by atoms with Gasteiger partial charge >= 0.3 is 0 Å². The maximum atomic E-state index is 13.1. The van der Waals surface area contributed by atoms with E-state index in [4.69, 9.17) is 5.10 Å². The Kier molecular flexibility index (Phi) is 5.18. The van der Waals surface area contributed by atoms with Gasteiger partial charge in [0, 0.05) is 56.5 Å². The average Bonchev–Trinajstić information content (AvgIpc) is 3.38. The first-order valence-electron chi connectivity index (χ1n) is 10.8. The zero-order valence-corrected chi connectivity index (χ0v) is 17.6. The number of nitrogens with zero attached hydrogens (tertiary/aromatic N) is 4. The van der Waals surface area contributed by atoms with Crippen LogP contribution in [-0.4, -0.2) is 38.7 Å². The van der Waals surface area contributed by atoms with Gasteiger partial charge in [0.1, 0.15) is 11.6 Å². The molecule has 3 aromatic rings. The van der Waals surface area contributed by atoms with Gasteiger partial charge in [-0.2, -0.15) is 5.10 Å². The average molecular weight is 420 g/mol. The first kappa shape index (κ1) is 19.7. The predicted octanol–water partition coefficient (Wildman–Crippen LogP) is 3.96. The van der Waals surface area contributed by atoms with Gasteiger partial charge in [0.25, 0.3) is 0 Å². The molecule has 2 aliphatic rings. The Hall–Kier alpha value is -3.22. The molecular weight excluding hydrogens is 393 g/mol. The van der Waals surface area contributed by atoms with Crippen molar-refractivity contribution in [3.05, 3.63) is 65.9 Å². The second-order valence-corrected chi connectivity index (χ2v) is 8.56. The molecular formula is C24H26FN5O. The summed E-state index contributed by atoms with van der Waals surface area (Å²) in [6.45, 7) is 2.13. The van der Waals surface area contributed by atoms with E-state index in [-0.39, 0.29) is 17.7 Å². The number of rotatable bonds is 6. The molecule has 3 heterocycles. The zero-order chi connectivity index (χ0) is 21.4. The standard InChI is InChI=1S/C24H26FN5O/c1-29-15-21(23(28-29)19-9-11-30(14-19)24(31)17-4-5-17)18-8-10-26-22(12-18)27-13-16-2-6-20(25)7-3-16/h2-3,6-8,10,12,15,17,19H,4-5,9,11,13-14H2,1H3,(H,26,27). The number of carbonyl (C=O) groups excluding carboxylic acids is 1. The highest BCUT2D eigenvalue weighted by Crippen LogP contribution is 2.37. The molecule has 2 fully saturated rings. The predicted molar refractivity (Wildman–Crippen MR) is 117 cm³/mol. The molecule has 1 N–H and O–H groups in total. The van der Waals surface area contributed by atoms with Crippen LogP contribution in [0.3, 0.4) is 0 Å². The Labute approximate surface area is 181 Å². The molecule has 7 heteroatoms. The number of anilines is 1. The number of likely N-dealkylation sites (tertiary alicyclic amines) is 1. The lowest BCUT2D eigenvalue weighted by atomic mass is 9.97. The van der Waals surface area contributed by atoms with Crippen LogP contribution in [0.15, 0.2) is 48.8 Å². The van der Waals surface area contributed by atoms with Gasteiger partial charge in [-0.1, -0.05) is 12.1 Å². The number of aromatic nitrogens is 3. The van der Waals surface area contributed by atoms with Crippen LogP contribution in [0.2, 0.25) is 0 Å². The van der Waals surface area contributed by atoms with Gasteiger partial charge in [-0.25, -0.2) is 9.37 Å². The van der Waals surface area contributed by atoms with Crippen molar-refractivity contribution in [2.45, 2.75) is 31.7 Å². The molecule has 1 saturated heterocycles. The number of nitrogens with one attached hydrogen (secondary N) is 1. The van der Waals surface area contributed by atoms with E-state index in [2.05, 4.69) is 10.3 Å². The highest BCUT2D eigenvalue weighted by Gasteiger charge is 2.38. The van der Waals surface area contributed by atoms with Crippen LogP contribution in [0, 0.1) is 11.7 Å². The third kappa shape index (κ3) is 4.31. The summed E-state index contributed by atoms with van der Waals surface area (Å²) in [5.41, 5.74) is 4.17. The number of carbonyl (C=O) groups is 1. The van der Waals surface area contributed by atoms with E-state index in [0.29, 0.717) is 12.5 Å². The van der Waals surface area contributed by atoms with Crippen LogP contribution in [-0.2, 0) is 18.4 Å². The van der Waals surface area contributed by atoms with E-state index in [1.165, 1.54) is 12.1 Å². The van der Waals surface area contributed by atoms with Crippen LogP contribution in [0.4, 0.5) is 10.2 Å². The van der Waals surface area contributed by atoms with Crippen LogP contribution in [0.1, 0.15) is 36.4 Å². The molecule has 6 nitrogen and oxygen atoms in total. The molecule has 1 amide bonds. The van der Waals surface area contributed by atoms with Crippen LogP contribution >= 0.6 is 0 Å². The van der Waals surface area contributed by atoms with Crippen LogP contribution in [0.5, 0.6) is 0 Å². The maximum absolute atomic E-state index is 13.1. The van der Waals surface area contributed by atoms with Gasteiger partial charge in [-0.05, 0) is 54.7 Å². The summed E-state index contributed by atoms with van der Waals surface area (Å²) in [6, 6.07) is 10.5. The number of hydrogen-bond acceptors (Lipinski definition) is 4. The van der Waals surface area contributed by atoms with Crippen molar-refractivity contribution in [1.29, 1.82) is 0 Å². The lowest BCUT2D eigenvalue weighted by molar-refractivity contribution is -0.131. The fraction of sp³-hybridized carbons (Fsp3) is 0.375. The monoisotopic (exact) mass is 419 g/mol. The molecule has 1 aliphatic carbocycles. The van der Waals surface area contributed by atoms with E-state index in [1.54, 1.807) is 18.3 Å². The van der Waals surface area contributed by atoms with E-state index in [1.807, 2.05) is 35.0 Å². The quantitative estimate of drug-likeness (QED) is 0.657. The molecule has 5 rings (SSSR count). The fourth-order valence-corrected chi connectivity index (χ4v) is 4.29. The second-order valence-electron chi connectivity index (χ2n) is 8.56. The van der Waals surface area contributed by atoms with Crippen molar-refractivity contribution < 1.29 is 9.18 Å². The summed E-state index contributed by atoms with van der Waals surface area (Å²) >= 11 is 0. The molecule has 1 aromatic carbocycles. The SMILES string of the molecule is Cn1cc(-c2ccnc(NCc3ccc(F)cc3)c2)c(C2CCN(C(=O)C3CC3)C2)n1. The Morgan fingerprint density at radius 3 is 2.77 bits per heavy atom. The Morgan fingerprint density at radius 1 is 1.19 bits per heavy atom. The summed E-state index contributed by atoms with van der Waals surface area (Å²) in [6.07, 6.45) is 6.86. The van der Waals surface area contributed by atoms with E-state index in [0.717, 1.165) is 60.6 Å². The summed E-state index contributed by atoms with van der Waals surface area (Å²) in [7, 11) is 1.93. The molecule has 0 spiro atoms. The van der Waals surface area contributed by atoms with Crippen molar-refractivity contribution >= 4 is 11.7 Å². The number of aryl methyl sites for hydroxylation is 1. The summed E-state index contributed by atoms with van der Waals surface area (Å²) < 4.78 is 15.0.